The van der Waals surface area contributed by atoms with Gasteiger partial charge in [-0.25, -0.2) is 0 Å². The average Bonchev–Trinajstić information content (AvgIpc) is 2.39. The third-order valence-electron chi connectivity index (χ3n) is 2.64. The lowest BCUT2D eigenvalue weighted by Gasteiger charge is -2.13. The van der Waals surface area contributed by atoms with Crippen LogP contribution in [0.3, 0.4) is 0 Å². The first-order chi connectivity index (χ1) is 6.42. The lowest BCUT2D eigenvalue weighted by Crippen LogP contribution is -2.20. The van der Waals surface area contributed by atoms with Crippen molar-refractivity contribution in [2.45, 2.75) is 12.3 Å². The van der Waals surface area contributed by atoms with E-state index in [1.165, 1.54) is 11.1 Å². The maximum Gasteiger partial charge on any atom is 0.0304 e. The summed E-state index contributed by atoms with van der Waals surface area (Å²) in [5.74, 6) is 1.20. The van der Waals surface area contributed by atoms with Crippen LogP contribution in [0.25, 0.3) is 0 Å². The Balaban J connectivity index is 0.000000980. The summed E-state index contributed by atoms with van der Waals surface area (Å²) in [6, 6.07) is 8.62. The van der Waals surface area contributed by atoms with Gasteiger partial charge >= 0.3 is 0 Å². The SMILES string of the molecule is ClC[C@@H]1CNCCc2ccccc21.I. The van der Waals surface area contributed by atoms with Crippen molar-refractivity contribution in [1.29, 1.82) is 0 Å². The molecule has 1 heterocycles. The molecule has 1 aromatic rings. The molecule has 1 aliphatic heterocycles. The summed E-state index contributed by atoms with van der Waals surface area (Å²) in [5.41, 5.74) is 2.89. The molecule has 0 radical (unpaired) electrons. The Morgan fingerprint density at radius 3 is 2.93 bits per heavy atom. The fourth-order valence-electron chi connectivity index (χ4n) is 1.91. The van der Waals surface area contributed by atoms with Gasteiger partial charge in [0.15, 0.2) is 0 Å². The van der Waals surface area contributed by atoms with Gasteiger partial charge in [-0.2, -0.15) is 0 Å². The van der Waals surface area contributed by atoms with Crippen molar-refractivity contribution in [3.8, 4) is 0 Å². The molecule has 2 rings (SSSR count). The highest BCUT2D eigenvalue weighted by Crippen LogP contribution is 2.23. The zero-order chi connectivity index (χ0) is 9.10. The fourth-order valence-corrected chi connectivity index (χ4v) is 2.18. The summed E-state index contributed by atoms with van der Waals surface area (Å²) in [7, 11) is 0. The van der Waals surface area contributed by atoms with Crippen molar-refractivity contribution in [2.24, 2.45) is 0 Å². The minimum atomic E-state index is 0. The van der Waals surface area contributed by atoms with Crippen LogP contribution in [0.4, 0.5) is 0 Å². The molecule has 14 heavy (non-hydrogen) atoms. The van der Waals surface area contributed by atoms with Crippen molar-refractivity contribution in [2.75, 3.05) is 19.0 Å². The number of fused-ring (bicyclic) bond motifs is 1. The molecule has 0 unspecified atom stereocenters. The van der Waals surface area contributed by atoms with Crippen LogP contribution in [0, 0.1) is 0 Å². The smallest absolute Gasteiger partial charge is 0.0304 e. The van der Waals surface area contributed by atoms with E-state index >= 15 is 0 Å². The maximum absolute atomic E-state index is 5.94. The molecular formula is C11H15ClIN. The summed E-state index contributed by atoms with van der Waals surface area (Å²) in [6.07, 6.45) is 1.13. The van der Waals surface area contributed by atoms with Gasteiger partial charge in [0, 0.05) is 18.3 Å². The van der Waals surface area contributed by atoms with E-state index in [1.54, 1.807) is 0 Å². The van der Waals surface area contributed by atoms with Crippen molar-refractivity contribution in [1.82, 2.24) is 5.32 Å². The van der Waals surface area contributed by atoms with Crippen LogP contribution < -0.4 is 5.32 Å². The van der Waals surface area contributed by atoms with Crippen LogP contribution in [0.5, 0.6) is 0 Å². The number of benzene rings is 1. The van der Waals surface area contributed by atoms with E-state index in [2.05, 4.69) is 29.6 Å². The van der Waals surface area contributed by atoms with Crippen molar-refractivity contribution < 1.29 is 0 Å². The Hall–Kier alpha value is 0.200. The molecule has 0 bridgehead atoms. The minimum Gasteiger partial charge on any atom is -0.316 e. The molecule has 0 saturated carbocycles. The molecule has 1 nitrogen and oxygen atoms in total. The van der Waals surface area contributed by atoms with Crippen molar-refractivity contribution in [3.63, 3.8) is 0 Å². The van der Waals surface area contributed by atoms with Crippen LogP contribution in [0.2, 0.25) is 0 Å². The Morgan fingerprint density at radius 1 is 1.36 bits per heavy atom. The highest BCUT2D eigenvalue weighted by atomic mass is 127. The van der Waals surface area contributed by atoms with Gasteiger partial charge in [0.05, 0.1) is 0 Å². The molecule has 0 aromatic heterocycles. The molecule has 78 valence electrons. The van der Waals surface area contributed by atoms with E-state index in [4.69, 9.17) is 11.6 Å². The van der Waals surface area contributed by atoms with Gasteiger partial charge in [0.25, 0.3) is 0 Å². The van der Waals surface area contributed by atoms with E-state index in [9.17, 15) is 0 Å². The third-order valence-corrected chi connectivity index (χ3v) is 3.02. The van der Waals surface area contributed by atoms with Gasteiger partial charge in [-0.15, -0.1) is 35.6 Å². The van der Waals surface area contributed by atoms with E-state index in [0.29, 0.717) is 11.8 Å². The molecule has 1 N–H and O–H groups in total. The molecule has 0 saturated heterocycles. The fraction of sp³-hybridized carbons (Fsp3) is 0.455. The first kappa shape index (κ1) is 12.3. The molecule has 0 fully saturated rings. The second-order valence-electron chi connectivity index (χ2n) is 3.50. The predicted molar refractivity (Wildman–Crippen MR) is 71.9 cm³/mol. The summed E-state index contributed by atoms with van der Waals surface area (Å²) >= 11 is 5.94. The summed E-state index contributed by atoms with van der Waals surface area (Å²) in [6.45, 7) is 2.09. The molecule has 1 aliphatic rings. The minimum absolute atomic E-state index is 0. The number of alkyl halides is 1. The second kappa shape index (κ2) is 5.93. The number of nitrogens with one attached hydrogen (secondary N) is 1. The van der Waals surface area contributed by atoms with Gasteiger partial charge in [-0.3, -0.25) is 0 Å². The second-order valence-corrected chi connectivity index (χ2v) is 3.81. The quantitative estimate of drug-likeness (QED) is 0.619. The Labute approximate surface area is 107 Å². The number of hydrogen-bond donors (Lipinski definition) is 1. The zero-order valence-corrected chi connectivity index (χ0v) is 11.1. The summed E-state index contributed by atoms with van der Waals surface area (Å²) in [4.78, 5) is 0. The summed E-state index contributed by atoms with van der Waals surface area (Å²) in [5, 5.41) is 3.41. The van der Waals surface area contributed by atoms with Crippen LogP contribution in [-0.4, -0.2) is 19.0 Å². The van der Waals surface area contributed by atoms with Gasteiger partial charge < -0.3 is 5.32 Å². The molecular weight excluding hydrogens is 308 g/mol. The van der Waals surface area contributed by atoms with Crippen molar-refractivity contribution >= 4 is 35.6 Å². The van der Waals surface area contributed by atoms with E-state index in [1.807, 2.05) is 0 Å². The molecule has 0 spiro atoms. The standard InChI is InChI=1S/C11H14ClN.HI/c12-7-10-8-13-6-5-9-3-1-2-4-11(9)10;/h1-4,10,13H,5-8H2;1H/t10-;/m1./s1. The average molecular weight is 324 g/mol. The first-order valence-corrected chi connectivity index (χ1v) is 5.29. The van der Waals surface area contributed by atoms with E-state index < -0.39 is 0 Å². The molecule has 0 aliphatic carbocycles. The molecule has 1 aromatic carbocycles. The lowest BCUT2D eigenvalue weighted by molar-refractivity contribution is 0.647. The number of hydrogen-bond acceptors (Lipinski definition) is 1. The van der Waals surface area contributed by atoms with Crippen molar-refractivity contribution in [3.05, 3.63) is 35.4 Å². The predicted octanol–water partition coefficient (Wildman–Crippen LogP) is 2.77. The summed E-state index contributed by atoms with van der Waals surface area (Å²) < 4.78 is 0. The lowest BCUT2D eigenvalue weighted by atomic mass is 9.95. The molecule has 0 amide bonds. The Kier molecular flexibility index (Phi) is 5.20. The topological polar surface area (TPSA) is 12.0 Å². The third kappa shape index (κ3) is 2.61. The van der Waals surface area contributed by atoms with E-state index in [0.717, 1.165) is 19.5 Å². The first-order valence-electron chi connectivity index (χ1n) is 4.76. The maximum atomic E-state index is 5.94. The zero-order valence-electron chi connectivity index (χ0n) is 8.00. The van der Waals surface area contributed by atoms with Gasteiger partial charge in [-0.1, -0.05) is 24.3 Å². The molecule has 1 atom stereocenters. The largest absolute Gasteiger partial charge is 0.316 e. The van der Waals surface area contributed by atoms with Crippen LogP contribution in [0.15, 0.2) is 24.3 Å². The number of halogens is 2. The number of rotatable bonds is 1. The van der Waals surface area contributed by atoms with Gasteiger partial charge in [-0.05, 0) is 24.1 Å². The Bertz CT molecular complexity index is 290. The normalized spacial score (nSPS) is 20.5. The van der Waals surface area contributed by atoms with Crippen LogP contribution >= 0.6 is 35.6 Å². The van der Waals surface area contributed by atoms with E-state index in [-0.39, 0.29) is 24.0 Å². The molecule has 3 heteroatoms. The monoisotopic (exact) mass is 323 g/mol. The van der Waals surface area contributed by atoms with Crippen LogP contribution in [-0.2, 0) is 6.42 Å². The Morgan fingerprint density at radius 2 is 2.14 bits per heavy atom. The van der Waals surface area contributed by atoms with Gasteiger partial charge in [0.2, 0.25) is 0 Å². The van der Waals surface area contributed by atoms with Crippen LogP contribution in [0.1, 0.15) is 17.0 Å². The highest BCUT2D eigenvalue weighted by Gasteiger charge is 2.16. The highest BCUT2D eigenvalue weighted by molar-refractivity contribution is 14.0. The van der Waals surface area contributed by atoms with Gasteiger partial charge in [0.1, 0.15) is 0 Å².